The van der Waals surface area contributed by atoms with Crippen LogP contribution in [0.15, 0.2) is 29.6 Å². The van der Waals surface area contributed by atoms with Crippen LogP contribution in [0.2, 0.25) is 0 Å². The molecule has 94 valence electrons. The molecule has 4 heteroatoms. The van der Waals surface area contributed by atoms with E-state index < -0.39 is 5.97 Å². The molecule has 0 bridgehead atoms. The van der Waals surface area contributed by atoms with Crippen LogP contribution in [-0.4, -0.2) is 11.1 Å². The number of carboxylic acids is 1. The van der Waals surface area contributed by atoms with Gasteiger partial charge in [0.1, 0.15) is 0 Å². The number of carboxylic acid groups (broad SMARTS) is 1. The van der Waals surface area contributed by atoms with Crippen LogP contribution in [0.4, 0.5) is 5.69 Å². The lowest BCUT2D eigenvalue weighted by Crippen LogP contribution is -2.03. The van der Waals surface area contributed by atoms with Crippen molar-refractivity contribution in [2.75, 3.05) is 5.32 Å². The fourth-order valence-electron chi connectivity index (χ4n) is 1.71. The number of benzene rings is 1. The summed E-state index contributed by atoms with van der Waals surface area (Å²) < 4.78 is 0. The first kappa shape index (κ1) is 12.6. The van der Waals surface area contributed by atoms with Crippen LogP contribution in [0.1, 0.15) is 26.4 Å². The van der Waals surface area contributed by atoms with Gasteiger partial charge in [0, 0.05) is 17.1 Å². The Morgan fingerprint density at radius 2 is 2.06 bits per heavy atom. The standard InChI is InChI=1S/C14H15NO2S/c1-9-3-4-11(14(16)17)7-12(9)15-8-13-10(2)5-6-18-13/h3-7,15H,8H2,1-2H3,(H,16,17). The van der Waals surface area contributed by atoms with E-state index in [-0.39, 0.29) is 0 Å². The molecule has 0 radical (unpaired) electrons. The molecule has 18 heavy (non-hydrogen) atoms. The normalized spacial score (nSPS) is 10.3. The predicted molar refractivity (Wildman–Crippen MR) is 74.5 cm³/mol. The second-order valence-corrected chi connectivity index (χ2v) is 5.22. The van der Waals surface area contributed by atoms with E-state index in [2.05, 4.69) is 23.7 Å². The van der Waals surface area contributed by atoms with E-state index in [9.17, 15) is 4.79 Å². The highest BCUT2D eigenvalue weighted by molar-refractivity contribution is 7.10. The van der Waals surface area contributed by atoms with Crippen LogP contribution < -0.4 is 5.32 Å². The van der Waals surface area contributed by atoms with Gasteiger partial charge in [-0.05, 0) is 48.6 Å². The maximum absolute atomic E-state index is 10.9. The molecule has 1 aromatic heterocycles. The molecule has 1 heterocycles. The van der Waals surface area contributed by atoms with Crippen molar-refractivity contribution < 1.29 is 9.90 Å². The molecule has 0 spiro atoms. The van der Waals surface area contributed by atoms with Crippen LogP contribution in [0.5, 0.6) is 0 Å². The fourth-order valence-corrected chi connectivity index (χ4v) is 2.55. The summed E-state index contributed by atoms with van der Waals surface area (Å²) in [6.45, 7) is 4.77. The van der Waals surface area contributed by atoms with Crippen molar-refractivity contribution in [2.45, 2.75) is 20.4 Å². The molecule has 0 amide bonds. The molecule has 1 aromatic carbocycles. The summed E-state index contributed by atoms with van der Waals surface area (Å²) in [7, 11) is 0. The zero-order chi connectivity index (χ0) is 13.1. The molecule has 0 aliphatic heterocycles. The molecular weight excluding hydrogens is 246 g/mol. The summed E-state index contributed by atoms with van der Waals surface area (Å²) in [5.41, 5.74) is 3.50. The number of thiophene rings is 1. The van der Waals surface area contributed by atoms with Gasteiger partial charge in [-0.25, -0.2) is 4.79 Å². The number of carbonyl (C=O) groups is 1. The molecule has 0 aliphatic rings. The van der Waals surface area contributed by atoms with Crippen LogP contribution in [0.3, 0.4) is 0 Å². The van der Waals surface area contributed by atoms with Crippen molar-refractivity contribution in [3.8, 4) is 0 Å². The number of anilines is 1. The lowest BCUT2D eigenvalue weighted by atomic mass is 10.1. The number of nitrogens with one attached hydrogen (secondary N) is 1. The van der Waals surface area contributed by atoms with Gasteiger partial charge in [0.05, 0.1) is 5.56 Å². The van der Waals surface area contributed by atoms with Crippen LogP contribution in [-0.2, 0) is 6.54 Å². The Kier molecular flexibility index (Phi) is 3.67. The summed E-state index contributed by atoms with van der Waals surface area (Å²) in [5, 5.41) is 14.3. The average Bonchev–Trinajstić information content (AvgIpc) is 2.73. The Morgan fingerprint density at radius 1 is 1.28 bits per heavy atom. The fraction of sp³-hybridized carbons (Fsp3) is 0.214. The minimum atomic E-state index is -0.898. The van der Waals surface area contributed by atoms with Gasteiger partial charge >= 0.3 is 5.97 Å². The Labute approximate surface area is 110 Å². The highest BCUT2D eigenvalue weighted by Gasteiger charge is 2.06. The second-order valence-electron chi connectivity index (χ2n) is 4.22. The third-order valence-corrected chi connectivity index (χ3v) is 3.92. The van der Waals surface area contributed by atoms with Gasteiger partial charge in [-0.1, -0.05) is 6.07 Å². The summed E-state index contributed by atoms with van der Waals surface area (Å²) in [5.74, 6) is -0.898. The van der Waals surface area contributed by atoms with Crippen LogP contribution >= 0.6 is 11.3 Å². The van der Waals surface area contributed by atoms with E-state index in [1.54, 1.807) is 23.5 Å². The molecular formula is C14H15NO2S. The average molecular weight is 261 g/mol. The zero-order valence-corrected chi connectivity index (χ0v) is 11.2. The van der Waals surface area contributed by atoms with Crippen molar-refractivity contribution in [3.63, 3.8) is 0 Å². The predicted octanol–water partition coefficient (Wildman–Crippen LogP) is 3.68. The molecule has 2 N–H and O–H groups in total. The number of hydrogen-bond donors (Lipinski definition) is 2. The Morgan fingerprint density at radius 3 is 2.67 bits per heavy atom. The molecule has 3 nitrogen and oxygen atoms in total. The summed E-state index contributed by atoms with van der Waals surface area (Å²) >= 11 is 1.71. The van der Waals surface area contributed by atoms with Gasteiger partial charge in [0.2, 0.25) is 0 Å². The zero-order valence-electron chi connectivity index (χ0n) is 10.4. The number of aryl methyl sites for hydroxylation is 2. The van der Waals surface area contributed by atoms with Crippen LogP contribution in [0.25, 0.3) is 0 Å². The third-order valence-electron chi connectivity index (χ3n) is 2.89. The SMILES string of the molecule is Cc1ccc(C(=O)O)cc1NCc1sccc1C. The lowest BCUT2D eigenvalue weighted by molar-refractivity contribution is 0.0697. The highest BCUT2D eigenvalue weighted by Crippen LogP contribution is 2.21. The molecule has 0 saturated heterocycles. The second kappa shape index (κ2) is 5.23. The summed E-state index contributed by atoms with van der Waals surface area (Å²) in [6, 6.07) is 7.22. The van der Waals surface area contributed by atoms with E-state index >= 15 is 0 Å². The molecule has 2 aromatic rings. The van der Waals surface area contributed by atoms with Gasteiger partial charge in [-0.3, -0.25) is 0 Å². The quantitative estimate of drug-likeness (QED) is 0.882. The van der Waals surface area contributed by atoms with Crippen molar-refractivity contribution in [3.05, 3.63) is 51.2 Å². The minimum Gasteiger partial charge on any atom is -0.478 e. The smallest absolute Gasteiger partial charge is 0.335 e. The molecule has 0 unspecified atom stereocenters. The van der Waals surface area contributed by atoms with E-state index in [0.717, 1.165) is 17.8 Å². The van der Waals surface area contributed by atoms with Gasteiger partial charge < -0.3 is 10.4 Å². The van der Waals surface area contributed by atoms with E-state index in [1.807, 2.05) is 13.0 Å². The van der Waals surface area contributed by atoms with Crippen molar-refractivity contribution >= 4 is 23.0 Å². The number of hydrogen-bond acceptors (Lipinski definition) is 3. The largest absolute Gasteiger partial charge is 0.478 e. The van der Waals surface area contributed by atoms with Gasteiger partial charge in [-0.15, -0.1) is 11.3 Å². The van der Waals surface area contributed by atoms with Gasteiger partial charge in [0.25, 0.3) is 0 Å². The first-order valence-corrected chi connectivity index (χ1v) is 6.56. The van der Waals surface area contributed by atoms with Gasteiger partial charge in [0.15, 0.2) is 0 Å². The Balaban J connectivity index is 2.16. The van der Waals surface area contributed by atoms with Gasteiger partial charge in [-0.2, -0.15) is 0 Å². The molecule has 0 aliphatic carbocycles. The summed E-state index contributed by atoms with van der Waals surface area (Å²) in [6.07, 6.45) is 0. The number of aromatic carboxylic acids is 1. The Hall–Kier alpha value is -1.81. The van der Waals surface area contributed by atoms with E-state index in [4.69, 9.17) is 5.11 Å². The first-order chi connectivity index (χ1) is 8.58. The van der Waals surface area contributed by atoms with E-state index in [0.29, 0.717) is 5.56 Å². The summed E-state index contributed by atoms with van der Waals surface area (Å²) in [4.78, 5) is 12.2. The Bertz CT molecular complexity index is 575. The minimum absolute atomic E-state index is 0.311. The topological polar surface area (TPSA) is 49.3 Å². The molecule has 0 fully saturated rings. The molecule has 0 saturated carbocycles. The molecule has 0 atom stereocenters. The monoisotopic (exact) mass is 261 g/mol. The van der Waals surface area contributed by atoms with E-state index in [1.165, 1.54) is 10.4 Å². The molecule has 2 rings (SSSR count). The highest BCUT2D eigenvalue weighted by atomic mass is 32.1. The van der Waals surface area contributed by atoms with Crippen molar-refractivity contribution in [1.29, 1.82) is 0 Å². The lowest BCUT2D eigenvalue weighted by Gasteiger charge is -2.10. The first-order valence-electron chi connectivity index (χ1n) is 5.68. The van der Waals surface area contributed by atoms with Crippen LogP contribution in [0, 0.1) is 13.8 Å². The van der Waals surface area contributed by atoms with Crippen molar-refractivity contribution in [2.24, 2.45) is 0 Å². The maximum atomic E-state index is 10.9. The van der Waals surface area contributed by atoms with Crippen molar-refractivity contribution in [1.82, 2.24) is 0 Å². The third kappa shape index (κ3) is 2.71. The number of rotatable bonds is 4. The maximum Gasteiger partial charge on any atom is 0.335 e.